The van der Waals surface area contributed by atoms with Crippen LogP contribution in [0.4, 0.5) is 0 Å². The minimum atomic E-state index is -0.180. The molecule has 3 rings (SSSR count). The molecular weight excluding hydrogens is 302 g/mol. The highest BCUT2D eigenvalue weighted by atomic mass is 16.5. The van der Waals surface area contributed by atoms with Gasteiger partial charge in [0.25, 0.3) is 0 Å². The van der Waals surface area contributed by atoms with E-state index < -0.39 is 0 Å². The second kappa shape index (κ2) is 8.57. The molecule has 1 fully saturated rings. The maximum absolute atomic E-state index is 13.0. The van der Waals surface area contributed by atoms with Gasteiger partial charge in [-0.3, -0.25) is 9.78 Å². The largest absolute Gasteiger partial charge is 0.378 e. The van der Waals surface area contributed by atoms with Crippen LogP contribution in [0.5, 0.6) is 0 Å². The van der Waals surface area contributed by atoms with Gasteiger partial charge in [0.05, 0.1) is 19.1 Å². The lowest BCUT2D eigenvalue weighted by Gasteiger charge is -2.30. The summed E-state index contributed by atoms with van der Waals surface area (Å²) in [5.74, 6) is -0.0100. The molecule has 1 N–H and O–H groups in total. The van der Waals surface area contributed by atoms with Gasteiger partial charge in [0, 0.05) is 38.6 Å². The Labute approximate surface area is 142 Å². The molecule has 0 radical (unpaired) electrons. The molecular formula is C19H23N3O2. The molecule has 5 heteroatoms. The molecule has 1 amide bonds. The third kappa shape index (κ3) is 4.40. The molecule has 1 aromatic carbocycles. The number of carbonyl (C=O) groups excluding carboxylic acids is 1. The Bertz CT molecular complexity index is 628. The molecule has 24 heavy (non-hydrogen) atoms. The van der Waals surface area contributed by atoms with E-state index in [0.717, 1.165) is 11.1 Å². The molecule has 126 valence electrons. The highest BCUT2D eigenvalue weighted by Crippen LogP contribution is 2.19. The van der Waals surface area contributed by atoms with Gasteiger partial charge in [0.15, 0.2) is 0 Å². The topological polar surface area (TPSA) is 54.5 Å². The molecule has 0 bridgehead atoms. The van der Waals surface area contributed by atoms with E-state index in [1.807, 2.05) is 53.6 Å². The van der Waals surface area contributed by atoms with Gasteiger partial charge in [0.2, 0.25) is 5.91 Å². The van der Waals surface area contributed by atoms with Crippen molar-refractivity contribution in [1.82, 2.24) is 15.2 Å². The lowest BCUT2D eigenvalue weighted by molar-refractivity contribution is -0.136. The third-order valence-corrected chi connectivity index (χ3v) is 4.22. The van der Waals surface area contributed by atoms with Gasteiger partial charge in [-0.25, -0.2) is 0 Å². The Morgan fingerprint density at radius 2 is 1.96 bits per heavy atom. The number of ether oxygens (including phenoxy) is 1. The Morgan fingerprint density at radius 1 is 1.17 bits per heavy atom. The number of aromatic nitrogens is 1. The number of morpholine rings is 1. The summed E-state index contributed by atoms with van der Waals surface area (Å²) in [6.07, 6.45) is 3.60. The summed E-state index contributed by atoms with van der Waals surface area (Å²) in [6.45, 7) is 3.89. The van der Waals surface area contributed by atoms with Crippen LogP contribution < -0.4 is 5.32 Å². The van der Waals surface area contributed by atoms with Gasteiger partial charge in [-0.1, -0.05) is 36.4 Å². The number of hydrogen-bond donors (Lipinski definition) is 1. The van der Waals surface area contributed by atoms with Crippen LogP contribution in [0, 0.1) is 0 Å². The monoisotopic (exact) mass is 325 g/mol. The van der Waals surface area contributed by atoms with E-state index in [4.69, 9.17) is 4.74 Å². The van der Waals surface area contributed by atoms with Crippen molar-refractivity contribution in [3.05, 3.63) is 66.0 Å². The summed E-state index contributed by atoms with van der Waals surface area (Å²) in [5.41, 5.74) is 2.16. The highest BCUT2D eigenvalue weighted by Gasteiger charge is 2.26. The van der Waals surface area contributed by atoms with Gasteiger partial charge in [-0.2, -0.15) is 0 Å². The van der Waals surface area contributed by atoms with Gasteiger partial charge in [-0.15, -0.1) is 0 Å². The molecule has 0 spiro atoms. The molecule has 1 aromatic heterocycles. The summed E-state index contributed by atoms with van der Waals surface area (Å²) >= 11 is 0. The van der Waals surface area contributed by atoms with E-state index in [-0.39, 0.29) is 11.8 Å². The zero-order chi connectivity index (χ0) is 16.6. The minimum absolute atomic E-state index is 0.170. The first-order chi connectivity index (χ1) is 11.8. The van der Waals surface area contributed by atoms with E-state index in [2.05, 4.69) is 10.3 Å². The Morgan fingerprint density at radius 3 is 2.67 bits per heavy atom. The molecule has 1 aliphatic rings. The van der Waals surface area contributed by atoms with Gasteiger partial charge < -0.3 is 15.0 Å². The van der Waals surface area contributed by atoms with Crippen molar-refractivity contribution >= 4 is 5.91 Å². The first-order valence-corrected chi connectivity index (χ1v) is 8.35. The maximum Gasteiger partial charge on any atom is 0.231 e. The van der Waals surface area contributed by atoms with Crippen LogP contribution >= 0.6 is 0 Å². The lowest BCUT2D eigenvalue weighted by Crippen LogP contribution is -2.45. The number of nitrogens with one attached hydrogen (secondary N) is 1. The van der Waals surface area contributed by atoms with Crippen molar-refractivity contribution in [3.8, 4) is 0 Å². The summed E-state index contributed by atoms with van der Waals surface area (Å²) < 4.78 is 5.36. The number of pyridine rings is 1. The van der Waals surface area contributed by atoms with Crippen molar-refractivity contribution in [1.29, 1.82) is 0 Å². The molecule has 2 heterocycles. The second-order valence-electron chi connectivity index (χ2n) is 5.89. The van der Waals surface area contributed by atoms with Crippen molar-refractivity contribution in [2.75, 3.05) is 32.8 Å². The number of rotatable bonds is 6. The van der Waals surface area contributed by atoms with Crippen molar-refractivity contribution in [2.45, 2.75) is 12.5 Å². The van der Waals surface area contributed by atoms with Crippen LogP contribution in [0.3, 0.4) is 0 Å². The normalized spacial score (nSPS) is 15.9. The molecule has 0 unspecified atom stereocenters. The molecule has 2 aromatic rings. The summed E-state index contributed by atoms with van der Waals surface area (Å²) in [4.78, 5) is 19.0. The van der Waals surface area contributed by atoms with Crippen LogP contribution in [0.25, 0.3) is 0 Å². The average Bonchev–Trinajstić information content (AvgIpc) is 2.67. The maximum atomic E-state index is 13.0. The zero-order valence-corrected chi connectivity index (χ0v) is 13.7. The smallest absolute Gasteiger partial charge is 0.231 e. The van der Waals surface area contributed by atoms with Crippen LogP contribution in [0.2, 0.25) is 0 Å². The number of benzene rings is 1. The van der Waals surface area contributed by atoms with Crippen molar-refractivity contribution in [2.24, 2.45) is 0 Å². The summed E-state index contributed by atoms with van der Waals surface area (Å²) in [6, 6.07) is 13.9. The molecule has 0 aliphatic carbocycles. The summed E-state index contributed by atoms with van der Waals surface area (Å²) in [7, 11) is 0. The standard InChI is InChI=1S/C19H23N3O2/c23-19(22-9-11-24-12-10-22)18(17-6-2-1-3-7-17)15-21-14-16-5-4-8-20-13-16/h1-8,13,18,21H,9-12,14-15H2/t18-/m0/s1. The first-order valence-electron chi connectivity index (χ1n) is 8.35. The second-order valence-corrected chi connectivity index (χ2v) is 5.89. The quantitative estimate of drug-likeness (QED) is 0.880. The molecule has 5 nitrogen and oxygen atoms in total. The van der Waals surface area contributed by atoms with Gasteiger partial charge in [-0.05, 0) is 17.2 Å². The number of hydrogen-bond acceptors (Lipinski definition) is 4. The molecule has 1 aliphatic heterocycles. The van der Waals surface area contributed by atoms with E-state index >= 15 is 0 Å². The SMILES string of the molecule is O=C([C@@H](CNCc1cccnc1)c1ccccc1)N1CCOCC1. The predicted octanol–water partition coefficient (Wildman–Crippen LogP) is 1.81. The fraction of sp³-hybridized carbons (Fsp3) is 0.368. The fourth-order valence-electron chi connectivity index (χ4n) is 2.90. The lowest BCUT2D eigenvalue weighted by atomic mass is 9.97. The average molecular weight is 325 g/mol. The van der Waals surface area contributed by atoms with Gasteiger partial charge in [0.1, 0.15) is 0 Å². The number of amides is 1. The molecule has 1 saturated heterocycles. The summed E-state index contributed by atoms with van der Waals surface area (Å²) in [5, 5.41) is 3.40. The number of carbonyl (C=O) groups is 1. The van der Waals surface area contributed by atoms with E-state index in [1.165, 1.54) is 0 Å². The molecule has 1 atom stereocenters. The van der Waals surface area contributed by atoms with E-state index in [9.17, 15) is 4.79 Å². The van der Waals surface area contributed by atoms with Crippen LogP contribution in [0.1, 0.15) is 17.0 Å². The van der Waals surface area contributed by atoms with E-state index in [0.29, 0.717) is 39.4 Å². The number of nitrogens with zero attached hydrogens (tertiary/aromatic N) is 2. The Kier molecular flexibility index (Phi) is 5.93. The van der Waals surface area contributed by atoms with Crippen LogP contribution in [0.15, 0.2) is 54.9 Å². The minimum Gasteiger partial charge on any atom is -0.378 e. The fourth-order valence-corrected chi connectivity index (χ4v) is 2.90. The van der Waals surface area contributed by atoms with E-state index in [1.54, 1.807) is 6.20 Å². The van der Waals surface area contributed by atoms with Crippen molar-refractivity contribution < 1.29 is 9.53 Å². The van der Waals surface area contributed by atoms with Gasteiger partial charge >= 0.3 is 0 Å². The Hall–Kier alpha value is -2.24. The van der Waals surface area contributed by atoms with Crippen LogP contribution in [-0.2, 0) is 16.1 Å². The molecule has 0 saturated carbocycles. The first kappa shape index (κ1) is 16.6. The zero-order valence-electron chi connectivity index (χ0n) is 13.7. The predicted molar refractivity (Wildman–Crippen MR) is 92.5 cm³/mol. The third-order valence-electron chi connectivity index (χ3n) is 4.22. The highest BCUT2D eigenvalue weighted by molar-refractivity contribution is 5.84. The van der Waals surface area contributed by atoms with Crippen LogP contribution in [-0.4, -0.2) is 48.6 Å². The Balaban J connectivity index is 1.66. The van der Waals surface area contributed by atoms with Crippen molar-refractivity contribution in [3.63, 3.8) is 0 Å².